The maximum Gasteiger partial charge on any atom is 0.326 e. The molecule has 0 unspecified atom stereocenters. The van der Waals surface area contributed by atoms with Gasteiger partial charge in [0.05, 0.1) is 7.11 Å². The summed E-state index contributed by atoms with van der Waals surface area (Å²) in [7, 11) is 1.31. The number of hydrogen-bond donors (Lipinski definition) is 4. The van der Waals surface area contributed by atoms with Crippen LogP contribution < -0.4 is 11.1 Å². The summed E-state index contributed by atoms with van der Waals surface area (Å²) in [6, 6.07) is -1.00. The molecule has 0 rings (SSSR count). The Hall–Kier alpha value is -0.720. The number of methoxy groups -OCH3 is 1. The van der Waals surface area contributed by atoms with Gasteiger partial charge in [0.1, 0.15) is 6.04 Å². The minimum absolute atomic E-state index is 0. The molecule has 0 amide bonds. The summed E-state index contributed by atoms with van der Waals surface area (Å²) in [5, 5.41) is 18.3. The van der Waals surface area contributed by atoms with Crippen LogP contribution in [0.1, 0.15) is 19.3 Å². The molecular formula is C8H19Cl2N3O3. The van der Waals surface area contributed by atoms with Gasteiger partial charge in [0, 0.05) is 0 Å². The first-order chi connectivity index (χ1) is 6.61. The van der Waals surface area contributed by atoms with E-state index in [-0.39, 0.29) is 30.8 Å². The fourth-order valence-electron chi connectivity index (χ4n) is 0.967. The quantitative estimate of drug-likeness (QED) is 0.322. The standard InChI is InChI=1S/C8H17N3O3.2ClH/c1-14-8(10)11-6(7(12)13)4-2-3-5-9;;/h6H,2-5,9H2,1H3,(H2,10,11)(H,12,13);2*1H/t6-;;/m0../s1. The van der Waals surface area contributed by atoms with E-state index < -0.39 is 12.0 Å². The van der Waals surface area contributed by atoms with Crippen LogP contribution >= 0.6 is 24.8 Å². The highest BCUT2D eigenvalue weighted by Crippen LogP contribution is 2.00. The molecule has 0 fully saturated rings. The second kappa shape index (κ2) is 12.4. The van der Waals surface area contributed by atoms with Crippen LogP contribution in [0.2, 0.25) is 0 Å². The number of nitrogens with one attached hydrogen (secondary N) is 2. The Morgan fingerprint density at radius 1 is 1.50 bits per heavy atom. The Bertz CT molecular complexity index is 205. The molecule has 0 spiro atoms. The van der Waals surface area contributed by atoms with E-state index in [0.29, 0.717) is 13.0 Å². The summed E-state index contributed by atoms with van der Waals surface area (Å²) in [4.78, 5) is 10.7. The van der Waals surface area contributed by atoms with Crippen LogP contribution in [0.15, 0.2) is 0 Å². The number of unbranched alkanes of at least 4 members (excludes halogenated alkanes) is 1. The number of amidine groups is 1. The number of hydrogen-bond acceptors (Lipinski definition) is 4. The molecule has 16 heavy (non-hydrogen) atoms. The molecule has 0 aromatic carbocycles. The van der Waals surface area contributed by atoms with Crippen molar-refractivity contribution >= 4 is 36.8 Å². The third kappa shape index (κ3) is 9.82. The summed E-state index contributed by atoms with van der Waals surface area (Å²) in [5.41, 5.74) is 5.28. The van der Waals surface area contributed by atoms with Crippen molar-refractivity contribution in [2.24, 2.45) is 5.73 Å². The minimum atomic E-state index is -0.983. The average molecular weight is 276 g/mol. The van der Waals surface area contributed by atoms with Crippen molar-refractivity contribution in [3.05, 3.63) is 0 Å². The van der Waals surface area contributed by atoms with Crippen molar-refractivity contribution in [1.82, 2.24) is 5.32 Å². The van der Waals surface area contributed by atoms with E-state index in [1.807, 2.05) is 0 Å². The highest BCUT2D eigenvalue weighted by atomic mass is 35.5. The number of rotatable bonds is 6. The van der Waals surface area contributed by atoms with Crippen molar-refractivity contribution in [2.45, 2.75) is 25.3 Å². The van der Waals surface area contributed by atoms with Crippen molar-refractivity contribution in [3.8, 4) is 0 Å². The number of ether oxygens (including phenoxy) is 1. The van der Waals surface area contributed by atoms with Gasteiger partial charge < -0.3 is 20.9 Å². The molecular weight excluding hydrogens is 257 g/mol. The van der Waals surface area contributed by atoms with Crippen molar-refractivity contribution in [3.63, 3.8) is 0 Å². The number of carboxylic acid groups (broad SMARTS) is 1. The molecule has 8 heteroatoms. The predicted molar refractivity (Wildman–Crippen MR) is 66.7 cm³/mol. The number of carboxylic acids is 1. The molecule has 5 N–H and O–H groups in total. The van der Waals surface area contributed by atoms with E-state index in [9.17, 15) is 4.79 Å². The normalized spacial score (nSPS) is 10.4. The van der Waals surface area contributed by atoms with Gasteiger partial charge in [-0.3, -0.25) is 5.41 Å². The van der Waals surface area contributed by atoms with Gasteiger partial charge in [0.15, 0.2) is 0 Å². The summed E-state index contributed by atoms with van der Waals surface area (Å²) in [6.45, 7) is 0.550. The minimum Gasteiger partial charge on any atom is -0.480 e. The highest BCUT2D eigenvalue weighted by Gasteiger charge is 2.17. The van der Waals surface area contributed by atoms with Crippen LogP contribution in [-0.4, -0.2) is 36.8 Å². The maximum absolute atomic E-state index is 10.7. The molecule has 1 atom stereocenters. The molecule has 0 saturated heterocycles. The van der Waals surface area contributed by atoms with Crippen molar-refractivity contribution in [1.29, 1.82) is 5.41 Å². The lowest BCUT2D eigenvalue weighted by molar-refractivity contribution is -0.139. The van der Waals surface area contributed by atoms with Gasteiger partial charge in [-0.25, -0.2) is 4.79 Å². The first-order valence-electron chi connectivity index (χ1n) is 4.43. The summed E-state index contributed by atoms with van der Waals surface area (Å²) < 4.78 is 4.52. The van der Waals surface area contributed by atoms with Gasteiger partial charge in [-0.2, -0.15) is 0 Å². The van der Waals surface area contributed by atoms with Crippen molar-refractivity contribution in [2.75, 3.05) is 13.7 Å². The van der Waals surface area contributed by atoms with Gasteiger partial charge in [0.2, 0.25) is 0 Å². The smallest absolute Gasteiger partial charge is 0.326 e. The Morgan fingerprint density at radius 3 is 2.44 bits per heavy atom. The molecule has 0 saturated carbocycles. The van der Waals surface area contributed by atoms with Crippen LogP contribution in [0.3, 0.4) is 0 Å². The number of aliphatic carboxylic acids is 1. The zero-order valence-corrected chi connectivity index (χ0v) is 10.7. The molecule has 0 aromatic rings. The zero-order valence-electron chi connectivity index (χ0n) is 9.06. The van der Waals surface area contributed by atoms with Crippen LogP contribution in [0.5, 0.6) is 0 Å². The number of halogens is 2. The van der Waals surface area contributed by atoms with Gasteiger partial charge in [-0.05, 0) is 25.8 Å². The monoisotopic (exact) mass is 275 g/mol. The fourth-order valence-corrected chi connectivity index (χ4v) is 0.967. The lowest BCUT2D eigenvalue weighted by Crippen LogP contribution is -2.41. The molecule has 0 aliphatic carbocycles. The van der Waals surface area contributed by atoms with Gasteiger partial charge in [0.25, 0.3) is 6.02 Å². The molecule has 0 radical (unpaired) electrons. The highest BCUT2D eigenvalue weighted by molar-refractivity contribution is 5.85. The van der Waals surface area contributed by atoms with E-state index in [2.05, 4.69) is 10.1 Å². The largest absolute Gasteiger partial charge is 0.480 e. The van der Waals surface area contributed by atoms with Gasteiger partial charge in [-0.1, -0.05) is 0 Å². The predicted octanol–water partition coefficient (Wildman–Crippen LogP) is 0.583. The average Bonchev–Trinajstić information content (AvgIpc) is 2.16. The Morgan fingerprint density at radius 2 is 2.06 bits per heavy atom. The topological polar surface area (TPSA) is 108 Å². The van der Waals surface area contributed by atoms with Gasteiger partial charge in [-0.15, -0.1) is 24.8 Å². The first-order valence-corrected chi connectivity index (χ1v) is 4.43. The first kappa shape index (κ1) is 20.7. The SMILES string of the molecule is COC(=N)N[C@@H](CCCCN)C(=O)O.Cl.Cl. The van der Waals surface area contributed by atoms with Crippen LogP contribution in [0.25, 0.3) is 0 Å². The molecule has 98 valence electrons. The second-order valence-electron chi connectivity index (χ2n) is 2.85. The molecule has 0 heterocycles. The van der Waals surface area contributed by atoms with E-state index >= 15 is 0 Å². The van der Waals surface area contributed by atoms with Crippen LogP contribution in [-0.2, 0) is 9.53 Å². The van der Waals surface area contributed by atoms with Crippen LogP contribution in [0.4, 0.5) is 0 Å². The number of carbonyl (C=O) groups is 1. The second-order valence-corrected chi connectivity index (χ2v) is 2.85. The lowest BCUT2D eigenvalue weighted by Gasteiger charge is -2.14. The lowest BCUT2D eigenvalue weighted by atomic mass is 10.1. The molecule has 0 aliphatic heterocycles. The third-order valence-electron chi connectivity index (χ3n) is 1.75. The Balaban J connectivity index is -0.000000845. The van der Waals surface area contributed by atoms with E-state index in [4.69, 9.17) is 16.2 Å². The van der Waals surface area contributed by atoms with E-state index in [1.54, 1.807) is 0 Å². The summed E-state index contributed by atoms with van der Waals surface area (Å²) in [6.07, 6.45) is 1.95. The fraction of sp³-hybridized carbons (Fsp3) is 0.750. The molecule has 0 bridgehead atoms. The van der Waals surface area contributed by atoms with E-state index in [0.717, 1.165) is 12.8 Å². The van der Waals surface area contributed by atoms with Gasteiger partial charge >= 0.3 is 5.97 Å². The molecule has 0 aromatic heterocycles. The molecule has 6 nitrogen and oxygen atoms in total. The van der Waals surface area contributed by atoms with Crippen molar-refractivity contribution < 1.29 is 14.6 Å². The Labute approximate surface area is 107 Å². The molecule has 0 aliphatic rings. The van der Waals surface area contributed by atoms with Crippen LogP contribution in [0, 0.1) is 5.41 Å². The zero-order chi connectivity index (χ0) is 11.0. The third-order valence-corrected chi connectivity index (χ3v) is 1.75. The van der Waals surface area contributed by atoms with E-state index in [1.165, 1.54) is 7.11 Å². The maximum atomic E-state index is 10.7. The summed E-state index contributed by atoms with van der Waals surface area (Å²) in [5.74, 6) is -0.983. The Kier molecular flexibility index (Phi) is 15.9. The summed E-state index contributed by atoms with van der Waals surface area (Å²) >= 11 is 0. The number of nitrogens with two attached hydrogens (primary N) is 1.